The molecule has 0 radical (unpaired) electrons. The first-order chi connectivity index (χ1) is 8.05. The van der Waals surface area contributed by atoms with Crippen molar-refractivity contribution in [2.75, 3.05) is 26.2 Å². The third-order valence-corrected chi connectivity index (χ3v) is 3.36. The molecule has 2 nitrogen and oxygen atoms in total. The molecule has 0 saturated carbocycles. The van der Waals surface area contributed by atoms with Gasteiger partial charge >= 0.3 is 0 Å². The van der Waals surface area contributed by atoms with E-state index in [0.717, 1.165) is 13.1 Å². The summed E-state index contributed by atoms with van der Waals surface area (Å²) < 4.78 is 0. The summed E-state index contributed by atoms with van der Waals surface area (Å²) in [5.41, 5.74) is 6.10. The van der Waals surface area contributed by atoms with E-state index in [2.05, 4.69) is 32.6 Å². The molecule has 0 aromatic carbocycles. The summed E-state index contributed by atoms with van der Waals surface area (Å²) in [5, 5.41) is 0. The lowest BCUT2D eigenvalue weighted by Crippen LogP contribution is -2.39. The molecule has 0 saturated heterocycles. The number of hydrogen-bond donors (Lipinski definition) is 1. The molecule has 0 bridgehead atoms. The maximum atomic E-state index is 5.84. The van der Waals surface area contributed by atoms with Gasteiger partial charge in [0.15, 0.2) is 0 Å². The molecule has 0 aliphatic carbocycles. The van der Waals surface area contributed by atoms with Gasteiger partial charge < -0.3 is 10.6 Å². The van der Waals surface area contributed by atoms with Gasteiger partial charge in [0.05, 0.1) is 0 Å². The molecule has 0 fully saturated rings. The molecule has 0 rings (SSSR count). The number of unbranched alkanes of at least 4 members (excludes halogenated alkanes) is 4. The predicted octanol–water partition coefficient (Wildman–Crippen LogP) is 3.65. The number of hydrogen-bond acceptors (Lipinski definition) is 2. The fourth-order valence-corrected chi connectivity index (χ4v) is 2.11. The Hall–Kier alpha value is -0.0800. The third-order valence-electron chi connectivity index (χ3n) is 3.36. The van der Waals surface area contributed by atoms with Gasteiger partial charge in [-0.25, -0.2) is 0 Å². The molecule has 0 aromatic rings. The highest BCUT2D eigenvalue weighted by molar-refractivity contribution is 4.74. The average Bonchev–Trinajstić information content (AvgIpc) is 2.29. The minimum absolute atomic E-state index is 0.262. The Balaban J connectivity index is 4.00. The van der Waals surface area contributed by atoms with Crippen LogP contribution >= 0.6 is 0 Å². The average molecular weight is 242 g/mol. The monoisotopic (exact) mass is 242 g/mol. The normalized spacial score (nSPS) is 12.4. The SMILES string of the molecule is CCCCCN(CCCCC)CC(C)(C)CN. The topological polar surface area (TPSA) is 29.3 Å². The highest BCUT2D eigenvalue weighted by Crippen LogP contribution is 2.16. The molecular formula is C15H34N2. The molecule has 0 spiro atoms. The zero-order valence-electron chi connectivity index (χ0n) is 12.6. The van der Waals surface area contributed by atoms with Gasteiger partial charge in [0.1, 0.15) is 0 Å². The second-order valence-corrected chi connectivity index (χ2v) is 6.06. The lowest BCUT2D eigenvalue weighted by atomic mass is 9.93. The largest absolute Gasteiger partial charge is 0.330 e. The highest BCUT2D eigenvalue weighted by Gasteiger charge is 2.19. The lowest BCUT2D eigenvalue weighted by Gasteiger charge is -2.32. The quantitative estimate of drug-likeness (QED) is 0.560. The predicted molar refractivity (Wildman–Crippen MR) is 78.3 cm³/mol. The Labute approximate surface area is 109 Å². The molecule has 0 aliphatic rings. The summed E-state index contributed by atoms with van der Waals surface area (Å²) in [4.78, 5) is 2.62. The van der Waals surface area contributed by atoms with Crippen molar-refractivity contribution in [3.8, 4) is 0 Å². The number of nitrogens with zero attached hydrogens (tertiary/aromatic N) is 1. The maximum Gasteiger partial charge on any atom is 0.00447 e. The van der Waals surface area contributed by atoms with Gasteiger partial charge in [-0.1, -0.05) is 53.4 Å². The zero-order chi connectivity index (χ0) is 13.1. The summed E-state index contributed by atoms with van der Waals surface area (Å²) in [6.07, 6.45) is 8.00. The number of rotatable bonds is 11. The molecule has 0 amide bonds. The molecule has 0 atom stereocenters. The third kappa shape index (κ3) is 9.61. The second kappa shape index (κ2) is 9.90. The molecule has 0 heterocycles. The van der Waals surface area contributed by atoms with Crippen LogP contribution in [0.15, 0.2) is 0 Å². The van der Waals surface area contributed by atoms with Crippen LogP contribution in [0.1, 0.15) is 66.2 Å². The van der Waals surface area contributed by atoms with Gasteiger partial charge in [-0.05, 0) is 37.9 Å². The Morgan fingerprint density at radius 1 is 0.882 bits per heavy atom. The van der Waals surface area contributed by atoms with Crippen molar-refractivity contribution in [2.45, 2.75) is 66.2 Å². The van der Waals surface area contributed by atoms with E-state index in [9.17, 15) is 0 Å². The summed E-state index contributed by atoms with van der Waals surface area (Å²) in [5.74, 6) is 0. The van der Waals surface area contributed by atoms with Crippen molar-refractivity contribution in [3.05, 3.63) is 0 Å². The summed E-state index contributed by atoms with van der Waals surface area (Å²) in [6.45, 7) is 13.5. The van der Waals surface area contributed by atoms with Crippen molar-refractivity contribution < 1.29 is 0 Å². The fraction of sp³-hybridized carbons (Fsp3) is 1.00. The Bertz CT molecular complexity index is 156. The van der Waals surface area contributed by atoms with Crippen LogP contribution in [0.4, 0.5) is 0 Å². The van der Waals surface area contributed by atoms with Gasteiger partial charge in [-0.3, -0.25) is 0 Å². The van der Waals surface area contributed by atoms with E-state index < -0.39 is 0 Å². The van der Waals surface area contributed by atoms with Crippen LogP contribution in [-0.4, -0.2) is 31.1 Å². The molecule has 2 heteroatoms. The van der Waals surface area contributed by atoms with Crippen LogP contribution in [0, 0.1) is 5.41 Å². The van der Waals surface area contributed by atoms with Gasteiger partial charge in [-0.15, -0.1) is 0 Å². The Morgan fingerprint density at radius 3 is 1.71 bits per heavy atom. The number of nitrogens with two attached hydrogens (primary N) is 1. The van der Waals surface area contributed by atoms with Crippen LogP contribution in [0.5, 0.6) is 0 Å². The molecule has 104 valence electrons. The fourth-order valence-electron chi connectivity index (χ4n) is 2.11. The minimum atomic E-state index is 0.262. The summed E-state index contributed by atoms with van der Waals surface area (Å²) in [7, 11) is 0. The first kappa shape index (κ1) is 16.9. The second-order valence-electron chi connectivity index (χ2n) is 6.06. The van der Waals surface area contributed by atoms with E-state index >= 15 is 0 Å². The standard InChI is InChI=1S/C15H34N2/c1-5-7-9-11-17(12-10-8-6-2)14-15(3,4)13-16/h5-14,16H2,1-4H3. The Morgan fingerprint density at radius 2 is 1.35 bits per heavy atom. The van der Waals surface area contributed by atoms with E-state index in [1.807, 2.05) is 0 Å². The van der Waals surface area contributed by atoms with E-state index in [1.165, 1.54) is 51.6 Å². The van der Waals surface area contributed by atoms with Crippen molar-refractivity contribution >= 4 is 0 Å². The zero-order valence-corrected chi connectivity index (χ0v) is 12.6. The molecule has 17 heavy (non-hydrogen) atoms. The van der Waals surface area contributed by atoms with Crippen LogP contribution in [0.3, 0.4) is 0 Å². The van der Waals surface area contributed by atoms with E-state index in [1.54, 1.807) is 0 Å². The van der Waals surface area contributed by atoms with E-state index in [4.69, 9.17) is 5.73 Å². The Kier molecular flexibility index (Phi) is 9.85. The van der Waals surface area contributed by atoms with Crippen LogP contribution < -0.4 is 5.73 Å². The van der Waals surface area contributed by atoms with E-state index in [0.29, 0.717) is 0 Å². The molecule has 2 N–H and O–H groups in total. The summed E-state index contributed by atoms with van der Waals surface area (Å²) >= 11 is 0. The van der Waals surface area contributed by atoms with Crippen molar-refractivity contribution in [3.63, 3.8) is 0 Å². The van der Waals surface area contributed by atoms with Gasteiger partial charge in [0.25, 0.3) is 0 Å². The van der Waals surface area contributed by atoms with Gasteiger partial charge in [0, 0.05) is 6.54 Å². The molecule has 0 aromatic heterocycles. The van der Waals surface area contributed by atoms with E-state index in [-0.39, 0.29) is 5.41 Å². The molecule has 0 unspecified atom stereocenters. The van der Waals surface area contributed by atoms with Crippen LogP contribution in [0.2, 0.25) is 0 Å². The maximum absolute atomic E-state index is 5.84. The van der Waals surface area contributed by atoms with Crippen LogP contribution in [0.25, 0.3) is 0 Å². The minimum Gasteiger partial charge on any atom is -0.330 e. The van der Waals surface area contributed by atoms with Gasteiger partial charge in [-0.2, -0.15) is 0 Å². The first-order valence-electron chi connectivity index (χ1n) is 7.48. The van der Waals surface area contributed by atoms with Crippen molar-refractivity contribution in [1.29, 1.82) is 0 Å². The first-order valence-corrected chi connectivity index (χ1v) is 7.48. The van der Waals surface area contributed by atoms with Crippen LogP contribution in [-0.2, 0) is 0 Å². The van der Waals surface area contributed by atoms with Gasteiger partial charge in [0.2, 0.25) is 0 Å². The molecular weight excluding hydrogens is 208 g/mol. The van der Waals surface area contributed by atoms with Crippen molar-refractivity contribution in [2.24, 2.45) is 11.1 Å². The highest BCUT2D eigenvalue weighted by atomic mass is 15.1. The lowest BCUT2D eigenvalue weighted by molar-refractivity contribution is 0.177. The van der Waals surface area contributed by atoms with Crippen molar-refractivity contribution in [1.82, 2.24) is 4.90 Å². The summed E-state index contributed by atoms with van der Waals surface area (Å²) in [6, 6.07) is 0. The smallest absolute Gasteiger partial charge is 0.00447 e. The molecule has 0 aliphatic heterocycles.